The van der Waals surface area contributed by atoms with Crippen LogP contribution in [0.3, 0.4) is 0 Å². The van der Waals surface area contributed by atoms with Gasteiger partial charge in [-0.3, -0.25) is 15.1 Å². The third-order valence-electron chi connectivity index (χ3n) is 4.92. The molecule has 0 bridgehead atoms. The molecule has 0 spiro atoms. The zero-order chi connectivity index (χ0) is 20.2. The number of carbonyl (C=O) groups excluding carboxylic acids is 1. The van der Waals surface area contributed by atoms with Gasteiger partial charge in [0.15, 0.2) is 0 Å². The fourth-order valence-electron chi connectivity index (χ4n) is 3.26. The molecule has 1 fully saturated rings. The van der Waals surface area contributed by atoms with Crippen LogP contribution in [0.25, 0.3) is 10.6 Å². The van der Waals surface area contributed by atoms with Crippen LogP contribution in [0, 0.1) is 6.92 Å². The van der Waals surface area contributed by atoms with Gasteiger partial charge in [-0.2, -0.15) is 4.98 Å². The molecule has 8 nitrogen and oxygen atoms in total. The minimum Gasteiger partial charge on any atom is -0.354 e. The number of hydrogen-bond acceptors (Lipinski definition) is 8. The van der Waals surface area contributed by atoms with Crippen molar-refractivity contribution in [1.82, 2.24) is 24.8 Å². The molecule has 0 saturated carbocycles. The van der Waals surface area contributed by atoms with Gasteiger partial charge in [-0.15, -0.1) is 11.3 Å². The first kappa shape index (κ1) is 19.4. The van der Waals surface area contributed by atoms with Gasteiger partial charge in [0.25, 0.3) is 5.91 Å². The Labute approximate surface area is 173 Å². The summed E-state index contributed by atoms with van der Waals surface area (Å²) in [6.07, 6.45) is 5.14. The van der Waals surface area contributed by atoms with E-state index in [1.54, 1.807) is 18.6 Å². The average molecular weight is 410 g/mol. The normalized spacial score (nSPS) is 14.8. The van der Waals surface area contributed by atoms with Crippen molar-refractivity contribution in [1.29, 1.82) is 0 Å². The van der Waals surface area contributed by atoms with Crippen LogP contribution in [0.5, 0.6) is 0 Å². The van der Waals surface area contributed by atoms with Crippen LogP contribution < -0.4 is 10.2 Å². The van der Waals surface area contributed by atoms with Gasteiger partial charge in [0, 0.05) is 50.3 Å². The fraction of sp³-hybridized carbons (Fsp3) is 0.350. The van der Waals surface area contributed by atoms with E-state index in [1.807, 2.05) is 25.1 Å². The van der Waals surface area contributed by atoms with Gasteiger partial charge < -0.3 is 9.80 Å². The van der Waals surface area contributed by atoms with Crippen LogP contribution in [0.2, 0.25) is 0 Å². The number of likely N-dealkylation sites (N-methyl/N-ethyl adjacent to an activating group) is 1. The lowest BCUT2D eigenvalue weighted by molar-refractivity contribution is 0.102. The number of amides is 1. The number of carbonyl (C=O) groups is 1. The predicted octanol–water partition coefficient (Wildman–Crippen LogP) is 2.70. The number of anilines is 2. The van der Waals surface area contributed by atoms with Crippen LogP contribution in [0.1, 0.15) is 22.3 Å². The predicted molar refractivity (Wildman–Crippen MR) is 114 cm³/mol. The molecule has 0 aliphatic carbocycles. The van der Waals surface area contributed by atoms with Crippen molar-refractivity contribution in [3.05, 3.63) is 47.4 Å². The van der Waals surface area contributed by atoms with Gasteiger partial charge >= 0.3 is 0 Å². The van der Waals surface area contributed by atoms with E-state index in [2.05, 4.69) is 42.0 Å². The van der Waals surface area contributed by atoms with E-state index >= 15 is 0 Å². The number of nitrogens with one attached hydrogen (secondary N) is 1. The standard InChI is InChI=1S/C20H23N7OS/c1-3-26-9-11-27(12-10-26)16-6-8-22-20(24-16)25-18(28)17-14(2)23-19(29-17)15-5-4-7-21-13-15/h4-8,13H,3,9-12H2,1-2H3,(H,22,24,25,28). The van der Waals surface area contributed by atoms with Crippen LogP contribution in [-0.2, 0) is 0 Å². The Morgan fingerprint density at radius 3 is 2.72 bits per heavy atom. The lowest BCUT2D eigenvalue weighted by Crippen LogP contribution is -2.46. The lowest BCUT2D eigenvalue weighted by atomic mass is 10.3. The van der Waals surface area contributed by atoms with Gasteiger partial charge in [-0.05, 0) is 31.7 Å². The van der Waals surface area contributed by atoms with Crippen molar-refractivity contribution in [2.75, 3.05) is 42.9 Å². The summed E-state index contributed by atoms with van der Waals surface area (Å²) >= 11 is 1.34. The van der Waals surface area contributed by atoms with Crippen molar-refractivity contribution in [2.24, 2.45) is 0 Å². The van der Waals surface area contributed by atoms with Crippen molar-refractivity contribution in [3.8, 4) is 10.6 Å². The lowest BCUT2D eigenvalue weighted by Gasteiger charge is -2.34. The third kappa shape index (κ3) is 4.41. The smallest absolute Gasteiger partial charge is 0.270 e. The van der Waals surface area contributed by atoms with Crippen LogP contribution in [-0.4, -0.2) is 63.5 Å². The summed E-state index contributed by atoms with van der Waals surface area (Å²) in [7, 11) is 0. The molecule has 3 aromatic rings. The molecule has 3 aromatic heterocycles. The van der Waals surface area contributed by atoms with Crippen molar-refractivity contribution < 1.29 is 4.79 Å². The van der Waals surface area contributed by atoms with Gasteiger partial charge in [-0.1, -0.05) is 6.92 Å². The van der Waals surface area contributed by atoms with E-state index in [0.717, 1.165) is 49.1 Å². The third-order valence-corrected chi connectivity index (χ3v) is 6.13. The number of rotatable bonds is 5. The minimum absolute atomic E-state index is 0.247. The monoisotopic (exact) mass is 409 g/mol. The topological polar surface area (TPSA) is 87.1 Å². The SMILES string of the molecule is CCN1CCN(c2ccnc(NC(=O)c3sc(-c4cccnc4)nc3C)n2)CC1. The molecule has 150 valence electrons. The second-order valence-corrected chi connectivity index (χ2v) is 7.79. The van der Waals surface area contributed by atoms with E-state index in [4.69, 9.17) is 0 Å². The quantitative estimate of drug-likeness (QED) is 0.693. The second kappa shape index (κ2) is 8.62. The van der Waals surface area contributed by atoms with Gasteiger partial charge in [0.2, 0.25) is 5.95 Å². The number of nitrogens with zero attached hydrogens (tertiary/aromatic N) is 6. The van der Waals surface area contributed by atoms with Crippen LogP contribution in [0.4, 0.5) is 11.8 Å². The number of aryl methyl sites for hydroxylation is 1. The van der Waals surface area contributed by atoms with Gasteiger partial charge in [0.1, 0.15) is 15.7 Å². The summed E-state index contributed by atoms with van der Waals surface area (Å²) in [6, 6.07) is 5.67. The zero-order valence-electron chi connectivity index (χ0n) is 16.5. The molecule has 1 aliphatic rings. The van der Waals surface area contributed by atoms with E-state index in [9.17, 15) is 4.79 Å². The molecule has 4 heterocycles. The first-order valence-corrected chi connectivity index (χ1v) is 10.4. The molecular weight excluding hydrogens is 386 g/mol. The summed E-state index contributed by atoms with van der Waals surface area (Å²) in [6.45, 7) is 8.93. The number of thiazole rings is 1. The Hall–Kier alpha value is -2.91. The van der Waals surface area contributed by atoms with E-state index in [-0.39, 0.29) is 5.91 Å². The highest BCUT2D eigenvalue weighted by Crippen LogP contribution is 2.27. The van der Waals surface area contributed by atoms with Crippen molar-refractivity contribution in [3.63, 3.8) is 0 Å². The first-order chi connectivity index (χ1) is 14.1. The number of hydrogen-bond donors (Lipinski definition) is 1. The summed E-state index contributed by atoms with van der Waals surface area (Å²) in [4.78, 5) is 35.4. The molecule has 1 aliphatic heterocycles. The van der Waals surface area contributed by atoms with Crippen LogP contribution >= 0.6 is 11.3 Å². The molecule has 4 rings (SSSR count). The Morgan fingerprint density at radius 1 is 1.17 bits per heavy atom. The summed E-state index contributed by atoms with van der Waals surface area (Å²) in [5.74, 6) is 0.896. The maximum atomic E-state index is 12.8. The molecule has 1 saturated heterocycles. The maximum absolute atomic E-state index is 12.8. The second-order valence-electron chi connectivity index (χ2n) is 6.79. The zero-order valence-corrected chi connectivity index (χ0v) is 17.3. The molecule has 0 aromatic carbocycles. The minimum atomic E-state index is -0.247. The highest BCUT2D eigenvalue weighted by Gasteiger charge is 2.20. The molecule has 29 heavy (non-hydrogen) atoms. The Balaban J connectivity index is 1.47. The van der Waals surface area contributed by atoms with E-state index in [1.165, 1.54) is 11.3 Å². The van der Waals surface area contributed by atoms with Gasteiger partial charge in [-0.25, -0.2) is 9.97 Å². The fourth-order valence-corrected chi connectivity index (χ4v) is 4.21. The van der Waals surface area contributed by atoms with E-state index < -0.39 is 0 Å². The molecule has 0 radical (unpaired) electrons. The summed E-state index contributed by atoms with van der Waals surface area (Å²) in [5, 5.41) is 3.59. The number of aromatic nitrogens is 4. The average Bonchev–Trinajstić information content (AvgIpc) is 3.16. The number of piperazine rings is 1. The molecule has 1 amide bonds. The summed E-state index contributed by atoms with van der Waals surface area (Å²) < 4.78 is 0. The molecule has 0 unspecified atom stereocenters. The summed E-state index contributed by atoms with van der Waals surface area (Å²) in [5.41, 5.74) is 1.57. The van der Waals surface area contributed by atoms with Crippen LogP contribution in [0.15, 0.2) is 36.8 Å². The Bertz CT molecular complexity index is 984. The molecular formula is C20H23N7OS. The van der Waals surface area contributed by atoms with Crippen molar-refractivity contribution in [2.45, 2.75) is 13.8 Å². The molecule has 0 atom stereocenters. The molecule has 1 N–H and O–H groups in total. The molecule has 9 heteroatoms. The first-order valence-electron chi connectivity index (χ1n) is 9.63. The van der Waals surface area contributed by atoms with Gasteiger partial charge in [0.05, 0.1) is 5.69 Å². The largest absolute Gasteiger partial charge is 0.354 e. The maximum Gasteiger partial charge on any atom is 0.270 e. The number of pyridine rings is 1. The highest BCUT2D eigenvalue weighted by atomic mass is 32.1. The Morgan fingerprint density at radius 2 is 2.00 bits per heavy atom. The highest BCUT2D eigenvalue weighted by molar-refractivity contribution is 7.17. The van der Waals surface area contributed by atoms with Crippen molar-refractivity contribution >= 4 is 29.0 Å². The Kier molecular flexibility index (Phi) is 5.77. The van der Waals surface area contributed by atoms with E-state index in [0.29, 0.717) is 16.5 Å².